The van der Waals surface area contributed by atoms with Crippen LogP contribution in [0.2, 0.25) is 0 Å². The van der Waals surface area contributed by atoms with Crippen molar-refractivity contribution in [1.29, 1.82) is 0 Å². The van der Waals surface area contributed by atoms with E-state index in [1.54, 1.807) is 0 Å². The molecular formula is C15H17F3N4S. The van der Waals surface area contributed by atoms with Gasteiger partial charge in [0.1, 0.15) is 21.7 Å². The first-order chi connectivity index (χ1) is 10.9. The van der Waals surface area contributed by atoms with Gasteiger partial charge in [0.2, 0.25) is 0 Å². The Labute approximate surface area is 135 Å². The first-order valence-corrected chi connectivity index (χ1v) is 8.68. The van der Waals surface area contributed by atoms with Crippen molar-refractivity contribution in [2.45, 2.75) is 44.7 Å². The molecule has 0 unspecified atom stereocenters. The van der Waals surface area contributed by atoms with Crippen LogP contribution in [0.4, 0.5) is 19.0 Å². The Morgan fingerprint density at radius 1 is 1.13 bits per heavy atom. The van der Waals surface area contributed by atoms with Gasteiger partial charge < -0.3 is 4.90 Å². The van der Waals surface area contributed by atoms with E-state index in [1.165, 1.54) is 25.6 Å². The summed E-state index contributed by atoms with van der Waals surface area (Å²) in [6.07, 6.45) is 2.40. The molecule has 0 radical (unpaired) electrons. The lowest BCUT2D eigenvalue weighted by Crippen LogP contribution is -2.44. The number of fused-ring (bicyclic) bond motifs is 1. The molecule has 1 aliphatic heterocycles. The molecule has 124 valence electrons. The Bertz CT molecular complexity index is 713. The summed E-state index contributed by atoms with van der Waals surface area (Å²) in [4.78, 5) is 15.3. The molecule has 4 rings (SSSR count). The van der Waals surface area contributed by atoms with Crippen molar-refractivity contribution in [2.24, 2.45) is 5.41 Å². The molecule has 0 amide bonds. The predicted molar refractivity (Wildman–Crippen MR) is 82.7 cm³/mol. The van der Waals surface area contributed by atoms with Crippen molar-refractivity contribution in [1.82, 2.24) is 15.0 Å². The Morgan fingerprint density at radius 2 is 1.87 bits per heavy atom. The van der Waals surface area contributed by atoms with Crippen molar-refractivity contribution in [3.63, 3.8) is 0 Å². The third-order valence-corrected chi connectivity index (χ3v) is 6.07. The highest BCUT2D eigenvalue weighted by molar-refractivity contribution is 7.18. The molecule has 2 aromatic rings. The molecule has 23 heavy (non-hydrogen) atoms. The topological polar surface area (TPSA) is 41.9 Å². The van der Waals surface area contributed by atoms with Gasteiger partial charge in [0, 0.05) is 13.1 Å². The Balaban J connectivity index is 1.60. The maximum Gasteiger partial charge on any atom is 0.395 e. The van der Waals surface area contributed by atoms with E-state index in [2.05, 4.69) is 19.9 Å². The van der Waals surface area contributed by atoms with Crippen LogP contribution in [-0.4, -0.2) is 34.2 Å². The Hall–Kier alpha value is -1.44. The molecule has 4 nitrogen and oxygen atoms in total. The van der Waals surface area contributed by atoms with Crippen molar-refractivity contribution >= 4 is 27.5 Å². The first-order valence-electron chi connectivity index (χ1n) is 7.86. The molecule has 2 fully saturated rings. The summed E-state index contributed by atoms with van der Waals surface area (Å²) in [5, 5.41) is 0.0572. The fraction of sp³-hybridized carbons (Fsp3) is 0.667. The Morgan fingerprint density at radius 3 is 2.48 bits per heavy atom. The maximum absolute atomic E-state index is 12.6. The van der Waals surface area contributed by atoms with Gasteiger partial charge in [-0.05, 0) is 31.1 Å². The number of rotatable bonds is 2. The van der Waals surface area contributed by atoms with Gasteiger partial charge in [-0.15, -0.1) is 0 Å². The molecule has 1 saturated heterocycles. The zero-order valence-corrected chi connectivity index (χ0v) is 13.4. The third-order valence-electron chi connectivity index (χ3n) is 5.11. The Kier molecular flexibility index (Phi) is 3.48. The van der Waals surface area contributed by atoms with Crippen molar-refractivity contribution < 1.29 is 13.2 Å². The number of nitrogens with zero attached hydrogens (tertiary/aromatic N) is 4. The van der Waals surface area contributed by atoms with Gasteiger partial charge in [-0.2, -0.15) is 13.2 Å². The van der Waals surface area contributed by atoms with Gasteiger partial charge in [-0.25, -0.2) is 15.0 Å². The summed E-state index contributed by atoms with van der Waals surface area (Å²) in [7, 11) is 0. The molecular weight excluding hydrogens is 325 g/mol. The second-order valence-electron chi connectivity index (χ2n) is 6.59. The van der Waals surface area contributed by atoms with E-state index in [0.29, 0.717) is 21.6 Å². The highest BCUT2D eigenvalue weighted by atomic mass is 32.1. The van der Waals surface area contributed by atoms with Crippen LogP contribution in [0.5, 0.6) is 0 Å². The predicted octanol–water partition coefficient (Wildman–Crippen LogP) is 3.96. The highest BCUT2D eigenvalue weighted by Gasteiger charge is 2.40. The molecule has 2 aliphatic rings. The average Bonchev–Trinajstić information content (AvgIpc) is 2.85. The lowest BCUT2D eigenvalue weighted by molar-refractivity contribution is -0.127. The fourth-order valence-electron chi connectivity index (χ4n) is 3.63. The quantitative estimate of drug-likeness (QED) is 0.828. The van der Waals surface area contributed by atoms with Gasteiger partial charge >= 0.3 is 6.18 Å². The lowest BCUT2D eigenvalue weighted by atomic mass is 9.63. The van der Waals surface area contributed by atoms with E-state index in [-0.39, 0.29) is 5.01 Å². The number of halogens is 3. The number of anilines is 1. The molecule has 0 aromatic carbocycles. The maximum atomic E-state index is 12.6. The van der Waals surface area contributed by atoms with E-state index in [1.807, 2.05) is 0 Å². The van der Waals surface area contributed by atoms with Crippen LogP contribution in [-0.2, 0) is 6.42 Å². The molecule has 1 spiro atoms. The summed E-state index contributed by atoms with van der Waals surface area (Å²) in [5.74, 6) is 0.689. The van der Waals surface area contributed by atoms with E-state index in [9.17, 15) is 13.2 Å². The number of alkyl halides is 3. The summed E-state index contributed by atoms with van der Waals surface area (Å²) in [6.45, 7) is 1.80. The van der Waals surface area contributed by atoms with Crippen LogP contribution in [0.25, 0.3) is 10.3 Å². The first kappa shape index (κ1) is 15.1. The van der Waals surface area contributed by atoms with Crippen molar-refractivity contribution in [3.8, 4) is 0 Å². The lowest BCUT2D eigenvalue weighted by Gasteiger charge is -2.48. The summed E-state index contributed by atoms with van der Waals surface area (Å²) in [6, 6.07) is 0. The standard InChI is InChI=1S/C15H17F3N4S/c16-15(17,18)8-10-21-11-12(19-9-20-13(11)23-10)22-6-4-14(5-7-22)2-1-3-14/h9H,1-8H2. The second-order valence-corrected chi connectivity index (χ2v) is 7.65. The van der Waals surface area contributed by atoms with Crippen LogP contribution >= 0.6 is 11.3 Å². The fourth-order valence-corrected chi connectivity index (χ4v) is 4.56. The van der Waals surface area contributed by atoms with Gasteiger partial charge in [0.05, 0.1) is 6.42 Å². The average molecular weight is 342 g/mol. The summed E-state index contributed by atoms with van der Waals surface area (Å²) in [5.41, 5.74) is 1.04. The summed E-state index contributed by atoms with van der Waals surface area (Å²) < 4.78 is 37.7. The highest BCUT2D eigenvalue weighted by Crippen LogP contribution is 2.49. The van der Waals surface area contributed by atoms with E-state index < -0.39 is 12.6 Å². The molecule has 0 N–H and O–H groups in total. The van der Waals surface area contributed by atoms with Crippen molar-refractivity contribution in [3.05, 3.63) is 11.3 Å². The molecule has 0 bridgehead atoms. The minimum absolute atomic E-state index is 0.0572. The SMILES string of the molecule is FC(F)(F)Cc1nc2c(N3CCC4(CCC4)CC3)ncnc2s1. The molecule has 0 atom stereocenters. The minimum atomic E-state index is -4.25. The van der Waals surface area contributed by atoms with Gasteiger partial charge in [0.15, 0.2) is 5.82 Å². The van der Waals surface area contributed by atoms with Crippen molar-refractivity contribution in [2.75, 3.05) is 18.0 Å². The summed E-state index contributed by atoms with van der Waals surface area (Å²) >= 11 is 1.01. The largest absolute Gasteiger partial charge is 0.395 e. The number of thiazole rings is 1. The molecule has 2 aromatic heterocycles. The van der Waals surface area contributed by atoms with Crippen LogP contribution < -0.4 is 4.90 Å². The minimum Gasteiger partial charge on any atom is -0.355 e. The molecule has 1 aliphatic carbocycles. The van der Waals surface area contributed by atoms with Crippen LogP contribution in [0.15, 0.2) is 6.33 Å². The number of piperidine rings is 1. The van der Waals surface area contributed by atoms with Crippen LogP contribution in [0, 0.1) is 5.41 Å². The zero-order chi connectivity index (χ0) is 16.1. The number of hydrogen-bond acceptors (Lipinski definition) is 5. The van der Waals surface area contributed by atoms with Gasteiger partial charge in [-0.3, -0.25) is 0 Å². The third kappa shape index (κ3) is 2.88. The van der Waals surface area contributed by atoms with Gasteiger partial charge in [0.25, 0.3) is 0 Å². The normalized spacial score (nSPS) is 20.9. The van der Waals surface area contributed by atoms with Crippen LogP contribution in [0.3, 0.4) is 0 Å². The number of aromatic nitrogens is 3. The van der Waals surface area contributed by atoms with Crippen LogP contribution in [0.1, 0.15) is 37.1 Å². The molecule has 3 heterocycles. The van der Waals surface area contributed by atoms with E-state index >= 15 is 0 Å². The number of hydrogen-bond donors (Lipinski definition) is 0. The second kappa shape index (κ2) is 5.29. The van der Waals surface area contributed by atoms with E-state index in [0.717, 1.165) is 37.3 Å². The molecule has 8 heteroatoms. The smallest absolute Gasteiger partial charge is 0.355 e. The molecule has 1 saturated carbocycles. The zero-order valence-electron chi connectivity index (χ0n) is 12.6. The van der Waals surface area contributed by atoms with Gasteiger partial charge in [-0.1, -0.05) is 17.8 Å². The van der Waals surface area contributed by atoms with E-state index in [4.69, 9.17) is 0 Å². The monoisotopic (exact) mass is 342 g/mol.